The normalized spacial score (nSPS) is 13.5. The molecule has 11 heavy (non-hydrogen) atoms. The third kappa shape index (κ3) is 1.83. The van der Waals surface area contributed by atoms with Crippen molar-refractivity contribution < 1.29 is 4.42 Å². The lowest BCUT2D eigenvalue weighted by atomic mass is 10.2. The molecule has 1 aromatic heterocycles. The number of alkyl halides is 1. The zero-order chi connectivity index (χ0) is 8.43. The van der Waals surface area contributed by atoms with Crippen molar-refractivity contribution >= 4 is 15.9 Å². The van der Waals surface area contributed by atoms with Gasteiger partial charge in [-0.1, -0.05) is 22.9 Å². The average Bonchev–Trinajstić information content (AvgIpc) is 2.31. The van der Waals surface area contributed by atoms with Crippen LogP contribution < -0.4 is 0 Å². The molecule has 0 N–H and O–H groups in total. The topological polar surface area (TPSA) is 26.0 Å². The van der Waals surface area contributed by atoms with Crippen molar-refractivity contribution in [2.24, 2.45) is 0 Å². The lowest BCUT2D eigenvalue weighted by Gasteiger charge is -1.98. The van der Waals surface area contributed by atoms with Crippen LogP contribution in [0.2, 0.25) is 0 Å². The highest BCUT2D eigenvalue weighted by atomic mass is 79.9. The minimum atomic E-state index is 0.363. The molecular formula is C8H12BrNO. The van der Waals surface area contributed by atoms with Crippen molar-refractivity contribution in [1.29, 1.82) is 0 Å². The minimum Gasteiger partial charge on any atom is -0.445 e. The van der Waals surface area contributed by atoms with Gasteiger partial charge in [-0.05, 0) is 13.8 Å². The zero-order valence-electron chi connectivity index (χ0n) is 7.02. The summed E-state index contributed by atoms with van der Waals surface area (Å²) in [6.45, 7) is 5.98. The first-order valence-corrected chi connectivity index (χ1v) is 4.77. The number of hydrogen-bond donors (Lipinski definition) is 0. The predicted molar refractivity (Wildman–Crippen MR) is 48.2 cm³/mol. The molecule has 0 saturated heterocycles. The fourth-order valence-corrected chi connectivity index (χ4v) is 1.05. The molecule has 0 radical (unpaired) electrons. The number of hydrogen-bond acceptors (Lipinski definition) is 2. The SMILES string of the molecule is Cc1nc(C(C)CBr)oc1C. The molecule has 0 aliphatic carbocycles. The highest BCUT2D eigenvalue weighted by Gasteiger charge is 2.11. The molecular weight excluding hydrogens is 206 g/mol. The molecule has 3 heteroatoms. The lowest BCUT2D eigenvalue weighted by molar-refractivity contribution is 0.452. The van der Waals surface area contributed by atoms with Crippen LogP contribution in [0, 0.1) is 13.8 Å². The van der Waals surface area contributed by atoms with Gasteiger partial charge >= 0.3 is 0 Å². The smallest absolute Gasteiger partial charge is 0.198 e. The van der Waals surface area contributed by atoms with Crippen molar-refractivity contribution in [3.8, 4) is 0 Å². The van der Waals surface area contributed by atoms with E-state index in [2.05, 4.69) is 27.8 Å². The Kier molecular flexibility index (Phi) is 2.71. The van der Waals surface area contributed by atoms with Crippen LogP contribution in [0.25, 0.3) is 0 Å². The van der Waals surface area contributed by atoms with E-state index in [9.17, 15) is 0 Å². The Bertz CT molecular complexity index is 225. The molecule has 62 valence electrons. The van der Waals surface area contributed by atoms with Crippen molar-refractivity contribution in [1.82, 2.24) is 4.98 Å². The number of aromatic nitrogens is 1. The molecule has 0 saturated carbocycles. The van der Waals surface area contributed by atoms with Gasteiger partial charge < -0.3 is 4.42 Å². The third-order valence-electron chi connectivity index (χ3n) is 1.70. The van der Waals surface area contributed by atoms with Gasteiger partial charge in [-0.2, -0.15) is 0 Å². The maximum Gasteiger partial charge on any atom is 0.198 e. The Labute approximate surface area is 75.1 Å². The molecule has 0 bridgehead atoms. The summed E-state index contributed by atoms with van der Waals surface area (Å²) in [6, 6.07) is 0. The first kappa shape index (κ1) is 8.78. The summed E-state index contributed by atoms with van der Waals surface area (Å²) >= 11 is 3.39. The van der Waals surface area contributed by atoms with Gasteiger partial charge in [0.25, 0.3) is 0 Å². The van der Waals surface area contributed by atoms with Crippen LogP contribution in [-0.2, 0) is 0 Å². The summed E-state index contributed by atoms with van der Waals surface area (Å²) in [6.07, 6.45) is 0. The second-order valence-electron chi connectivity index (χ2n) is 2.75. The standard InChI is InChI=1S/C8H12BrNO/c1-5(4-9)8-10-6(2)7(3)11-8/h5H,4H2,1-3H3. The van der Waals surface area contributed by atoms with Gasteiger partial charge in [0, 0.05) is 11.2 Å². The van der Waals surface area contributed by atoms with Crippen molar-refractivity contribution in [2.75, 3.05) is 5.33 Å². The molecule has 1 heterocycles. The second-order valence-corrected chi connectivity index (χ2v) is 3.40. The summed E-state index contributed by atoms with van der Waals surface area (Å²) in [5, 5.41) is 0.895. The van der Waals surface area contributed by atoms with Gasteiger partial charge in [0.2, 0.25) is 0 Å². The fraction of sp³-hybridized carbons (Fsp3) is 0.625. The Morgan fingerprint density at radius 1 is 1.55 bits per heavy atom. The number of aryl methyl sites for hydroxylation is 2. The number of nitrogens with zero attached hydrogens (tertiary/aromatic N) is 1. The molecule has 0 aliphatic heterocycles. The molecule has 0 fully saturated rings. The maximum atomic E-state index is 5.43. The maximum absolute atomic E-state index is 5.43. The van der Waals surface area contributed by atoms with Gasteiger partial charge in [0.1, 0.15) is 5.76 Å². The fourth-order valence-electron chi connectivity index (χ4n) is 0.774. The summed E-state index contributed by atoms with van der Waals surface area (Å²) < 4.78 is 5.43. The third-order valence-corrected chi connectivity index (χ3v) is 2.67. The zero-order valence-corrected chi connectivity index (χ0v) is 8.60. The van der Waals surface area contributed by atoms with Crippen LogP contribution in [0.4, 0.5) is 0 Å². The summed E-state index contributed by atoms with van der Waals surface area (Å²) in [4.78, 5) is 4.28. The summed E-state index contributed by atoms with van der Waals surface area (Å²) in [7, 11) is 0. The molecule has 1 aromatic rings. The van der Waals surface area contributed by atoms with E-state index in [0.29, 0.717) is 5.92 Å². The quantitative estimate of drug-likeness (QED) is 0.713. The van der Waals surface area contributed by atoms with Crippen LogP contribution in [0.1, 0.15) is 30.2 Å². The second kappa shape index (κ2) is 3.39. The van der Waals surface area contributed by atoms with Gasteiger partial charge in [-0.3, -0.25) is 0 Å². The van der Waals surface area contributed by atoms with E-state index in [1.165, 1.54) is 0 Å². The molecule has 0 spiro atoms. The van der Waals surface area contributed by atoms with Crippen LogP contribution >= 0.6 is 15.9 Å². The van der Waals surface area contributed by atoms with Crippen LogP contribution in [0.15, 0.2) is 4.42 Å². The molecule has 1 atom stereocenters. The van der Waals surface area contributed by atoms with Crippen molar-refractivity contribution in [3.63, 3.8) is 0 Å². The van der Waals surface area contributed by atoms with E-state index < -0.39 is 0 Å². The van der Waals surface area contributed by atoms with E-state index in [1.54, 1.807) is 0 Å². The van der Waals surface area contributed by atoms with Crippen LogP contribution in [0.5, 0.6) is 0 Å². The molecule has 2 nitrogen and oxygen atoms in total. The Hall–Kier alpha value is -0.310. The Morgan fingerprint density at radius 3 is 2.55 bits per heavy atom. The molecule has 0 amide bonds. The van der Waals surface area contributed by atoms with Crippen molar-refractivity contribution in [3.05, 3.63) is 17.3 Å². The number of rotatable bonds is 2. The lowest BCUT2D eigenvalue weighted by Crippen LogP contribution is -1.93. The highest BCUT2D eigenvalue weighted by molar-refractivity contribution is 9.09. The molecule has 0 aromatic carbocycles. The highest BCUT2D eigenvalue weighted by Crippen LogP contribution is 2.18. The first-order valence-electron chi connectivity index (χ1n) is 3.65. The van der Waals surface area contributed by atoms with E-state index >= 15 is 0 Å². The summed E-state index contributed by atoms with van der Waals surface area (Å²) in [5.74, 6) is 2.12. The van der Waals surface area contributed by atoms with E-state index in [4.69, 9.17) is 4.42 Å². The average molecular weight is 218 g/mol. The van der Waals surface area contributed by atoms with Gasteiger partial charge in [0.15, 0.2) is 5.89 Å². The van der Waals surface area contributed by atoms with Crippen molar-refractivity contribution in [2.45, 2.75) is 26.7 Å². The van der Waals surface area contributed by atoms with E-state index in [0.717, 1.165) is 22.7 Å². The number of oxazole rings is 1. The first-order chi connectivity index (χ1) is 5.15. The molecule has 1 rings (SSSR count). The summed E-state index contributed by atoms with van der Waals surface area (Å²) in [5.41, 5.74) is 0.993. The predicted octanol–water partition coefficient (Wildman–Crippen LogP) is 2.79. The monoisotopic (exact) mass is 217 g/mol. The van der Waals surface area contributed by atoms with E-state index in [-0.39, 0.29) is 0 Å². The van der Waals surface area contributed by atoms with Gasteiger partial charge in [-0.25, -0.2) is 4.98 Å². The van der Waals surface area contributed by atoms with Gasteiger partial charge in [-0.15, -0.1) is 0 Å². The van der Waals surface area contributed by atoms with Crippen LogP contribution in [-0.4, -0.2) is 10.3 Å². The molecule has 0 aliphatic rings. The van der Waals surface area contributed by atoms with Crippen LogP contribution in [0.3, 0.4) is 0 Å². The Morgan fingerprint density at radius 2 is 2.18 bits per heavy atom. The number of halogens is 1. The molecule has 1 unspecified atom stereocenters. The van der Waals surface area contributed by atoms with E-state index in [1.807, 2.05) is 13.8 Å². The Balaban J connectivity index is 2.88. The van der Waals surface area contributed by atoms with Gasteiger partial charge in [0.05, 0.1) is 5.69 Å². The largest absolute Gasteiger partial charge is 0.445 e. The minimum absolute atomic E-state index is 0.363.